The van der Waals surface area contributed by atoms with E-state index >= 15 is 0 Å². The Hall–Kier alpha value is 0.463. The summed E-state index contributed by atoms with van der Waals surface area (Å²) in [7, 11) is 0. The van der Waals surface area contributed by atoms with Gasteiger partial charge in [-0.2, -0.15) is 0 Å². The van der Waals surface area contributed by atoms with E-state index in [1.165, 1.54) is 0 Å². The molecule has 0 rings (SSSR count). The number of hydrogen-bond donors (Lipinski definition) is 4. The van der Waals surface area contributed by atoms with Gasteiger partial charge in [0.25, 0.3) is 0 Å². The van der Waals surface area contributed by atoms with Crippen LogP contribution < -0.4 is 0 Å². The summed E-state index contributed by atoms with van der Waals surface area (Å²) in [5.41, 5.74) is 0. The molecule has 0 aromatic rings. The largest absolute Gasteiger partial charge is 0.255 e. The molecule has 0 saturated heterocycles. The number of rotatable bonds is 0. The molecule has 0 unspecified atom stereocenters. The van der Waals surface area contributed by atoms with E-state index in [1.54, 1.807) is 0 Å². The van der Waals surface area contributed by atoms with Crippen LogP contribution in [0.1, 0.15) is 0 Å². The van der Waals surface area contributed by atoms with Crippen LogP contribution in [-0.4, -0.2) is 21.0 Å². The minimum atomic E-state index is 0. The Kier molecular flexibility index (Phi) is 894. The molecule has 0 aliphatic rings. The third-order valence-corrected chi connectivity index (χ3v) is 0. The van der Waals surface area contributed by atoms with Crippen molar-refractivity contribution < 1.29 is 40.5 Å². The van der Waals surface area contributed by atoms with Gasteiger partial charge in [0, 0.05) is 19.5 Å². The molecular weight excluding hydrogens is 129 g/mol. The van der Waals surface area contributed by atoms with E-state index in [4.69, 9.17) is 21.0 Å². The van der Waals surface area contributed by atoms with Crippen LogP contribution in [0.5, 0.6) is 0 Å². The fourth-order valence-electron chi connectivity index (χ4n) is 0. The SMILES string of the molecule is OO.OO.[Zn]. The molecule has 4 N–H and O–H groups in total. The van der Waals surface area contributed by atoms with Gasteiger partial charge in [0.15, 0.2) is 0 Å². The Morgan fingerprint density at radius 3 is 0.600 bits per heavy atom. The fraction of sp³-hybridized carbons (Fsp3) is 0. The van der Waals surface area contributed by atoms with Gasteiger partial charge in [0.2, 0.25) is 0 Å². The first kappa shape index (κ1) is 17.9. The molecule has 0 radical (unpaired) electrons. The summed E-state index contributed by atoms with van der Waals surface area (Å²) in [6.07, 6.45) is 0. The maximum atomic E-state index is 6.00. The van der Waals surface area contributed by atoms with E-state index in [1.807, 2.05) is 0 Å². The Morgan fingerprint density at radius 1 is 0.600 bits per heavy atom. The van der Waals surface area contributed by atoms with Crippen molar-refractivity contribution in [3.8, 4) is 0 Å². The van der Waals surface area contributed by atoms with Crippen LogP contribution in [0, 0.1) is 0 Å². The van der Waals surface area contributed by atoms with Crippen molar-refractivity contribution in [3.05, 3.63) is 0 Å². The molecule has 0 fully saturated rings. The molecule has 0 saturated carbocycles. The minimum absolute atomic E-state index is 0. The van der Waals surface area contributed by atoms with E-state index < -0.39 is 0 Å². The van der Waals surface area contributed by atoms with Crippen LogP contribution in [0.4, 0.5) is 0 Å². The minimum Gasteiger partial charge on any atom is -0.255 e. The summed E-state index contributed by atoms with van der Waals surface area (Å²) in [5.74, 6) is 0. The summed E-state index contributed by atoms with van der Waals surface area (Å²) < 4.78 is 0. The first-order chi connectivity index (χ1) is 2.00. The van der Waals surface area contributed by atoms with Gasteiger partial charge in [0.05, 0.1) is 0 Å². The third-order valence-electron chi connectivity index (χ3n) is 0. The molecule has 5 heavy (non-hydrogen) atoms. The summed E-state index contributed by atoms with van der Waals surface area (Å²) in [6.45, 7) is 0. The molecule has 0 heterocycles. The van der Waals surface area contributed by atoms with Crippen molar-refractivity contribution >= 4 is 0 Å². The van der Waals surface area contributed by atoms with Crippen molar-refractivity contribution in [2.75, 3.05) is 0 Å². The summed E-state index contributed by atoms with van der Waals surface area (Å²) in [6, 6.07) is 0. The second-order valence-electron chi connectivity index (χ2n) is 0. The Balaban J connectivity index is -0.0000000133. The maximum Gasteiger partial charge on any atom is 0 e. The van der Waals surface area contributed by atoms with Gasteiger partial charge in [-0.1, -0.05) is 0 Å². The fourth-order valence-corrected chi connectivity index (χ4v) is 0. The predicted octanol–water partition coefficient (Wildman–Crippen LogP) is 0.0323. The van der Waals surface area contributed by atoms with Crippen LogP contribution >= 0.6 is 0 Å². The maximum absolute atomic E-state index is 6.00. The van der Waals surface area contributed by atoms with Crippen LogP contribution in [-0.2, 0) is 19.5 Å². The molecule has 0 bridgehead atoms. The van der Waals surface area contributed by atoms with Crippen molar-refractivity contribution in [2.45, 2.75) is 0 Å². The van der Waals surface area contributed by atoms with Crippen molar-refractivity contribution in [1.29, 1.82) is 0 Å². The second-order valence-corrected chi connectivity index (χ2v) is 0. The zero-order valence-electron chi connectivity index (χ0n) is 2.50. The van der Waals surface area contributed by atoms with E-state index in [0.717, 1.165) is 0 Å². The van der Waals surface area contributed by atoms with Crippen molar-refractivity contribution in [3.63, 3.8) is 0 Å². The molecule has 0 atom stereocenters. The zero-order valence-corrected chi connectivity index (χ0v) is 5.46. The summed E-state index contributed by atoms with van der Waals surface area (Å²) in [4.78, 5) is 0. The quantitative estimate of drug-likeness (QED) is 0.214. The number of hydrogen-bond acceptors (Lipinski definition) is 4. The summed E-state index contributed by atoms with van der Waals surface area (Å²) in [5, 5.41) is 24.0. The smallest absolute Gasteiger partial charge is 0 e. The monoisotopic (exact) mass is 132 g/mol. The van der Waals surface area contributed by atoms with Gasteiger partial charge in [0.1, 0.15) is 0 Å². The van der Waals surface area contributed by atoms with Gasteiger partial charge in [-0.25, -0.2) is 0 Å². The molecule has 5 heteroatoms. The van der Waals surface area contributed by atoms with Crippen molar-refractivity contribution in [2.24, 2.45) is 0 Å². The first-order valence-electron chi connectivity index (χ1n) is 0.400. The normalized spacial score (nSPS) is 2.40. The molecule has 0 amide bonds. The standard InChI is InChI=1S/2H2O2.Zn/c2*1-2;/h2*1-2H;. The average molecular weight is 133 g/mol. The van der Waals surface area contributed by atoms with Gasteiger partial charge in [-0.3, -0.25) is 21.0 Å². The van der Waals surface area contributed by atoms with Crippen LogP contribution in [0.3, 0.4) is 0 Å². The van der Waals surface area contributed by atoms with Crippen molar-refractivity contribution in [1.82, 2.24) is 0 Å². The van der Waals surface area contributed by atoms with Gasteiger partial charge in [-0.15, -0.1) is 0 Å². The van der Waals surface area contributed by atoms with Crippen LogP contribution in [0.25, 0.3) is 0 Å². The van der Waals surface area contributed by atoms with Crippen LogP contribution in [0.2, 0.25) is 0 Å². The second kappa shape index (κ2) is 249. The molecule has 0 aromatic heterocycles. The summed E-state index contributed by atoms with van der Waals surface area (Å²) >= 11 is 0. The topological polar surface area (TPSA) is 80.9 Å². The van der Waals surface area contributed by atoms with Crippen LogP contribution in [0.15, 0.2) is 0 Å². The molecular formula is H4O4Zn. The first-order valence-corrected chi connectivity index (χ1v) is 0.400. The van der Waals surface area contributed by atoms with Gasteiger partial charge in [-0.05, 0) is 0 Å². The Labute approximate surface area is 41.3 Å². The molecule has 4 nitrogen and oxygen atoms in total. The predicted molar refractivity (Wildman–Crippen MR) is 10.5 cm³/mol. The molecule has 0 aromatic carbocycles. The van der Waals surface area contributed by atoms with E-state index in [9.17, 15) is 0 Å². The molecule has 30 valence electrons. The Morgan fingerprint density at radius 2 is 0.600 bits per heavy atom. The molecule has 0 spiro atoms. The third kappa shape index (κ3) is 126. The van der Waals surface area contributed by atoms with Gasteiger partial charge >= 0.3 is 0 Å². The Bertz CT molecular complexity index is 3.61. The zero-order chi connectivity index (χ0) is 4.00. The average Bonchev–Trinajstić information content (AvgIpc) is 1.50. The van der Waals surface area contributed by atoms with Gasteiger partial charge < -0.3 is 0 Å². The van der Waals surface area contributed by atoms with E-state index in [-0.39, 0.29) is 19.5 Å². The molecule has 0 aliphatic heterocycles. The molecule has 0 aliphatic carbocycles. The van der Waals surface area contributed by atoms with E-state index in [0.29, 0.717) is 0 Å². The van der Waals surface area contributed by atoms with E-state index in [2.05, 4.69) is 0 Å².